The Labute approximate surface area is 97.6 Å². The van der Waals surface area contributed by atoms with Crippen molar-refractivity contribution in [1.29, 1.82) is 0 Å². The average molecular weight is 222 g/mol. The Morgan fingerprint density at radius 2 is 2.25 bits per heavy atom. The van der Waals surface area contributed by atoms with Gasteiger partial charge in [0.15, 0.2) is 0 Å². The summed E-state index contributed by atoms with van der Waals surface area (Å²) in [5, 5.41) is 0. The van der Waals surface area contributed by atoms with E-state index in [0.717, 1.165) is 24.6 Å². The Hall–Kier alpha value is -0.800. The van der Waals surface area contributed by atoms with Gasteiger partial charge < -0.3 is 10.2 Å². The molecule has 1 aromatic rings. The Morgan fingerprint density at radius 3 is 2.81 bits per heavy atom. The molecule has 0 aliphatic heterocycles. The highest BCUT2D eigenvalue weighted by Gasteiger charge is 2.24. The second kappa shape index (κ2) is 5.02. The summed E-state index contributed by atoms with van der Waals surface area (Å²) in [7, 11) is 2.14. The van der Waals surface area contributed by atoms with E-state index < -0.39 is 0 Å². The van der Waals surface area contributed by atoms with Crippen LogP contribution in [0, 0.1) is 12.8 Å². The Kier molecular flexibility index (Phi) is 3.66. The minimum atomic E-state index is 0.404. The SMILES string of the molecule is Cc1ccc(CN(C)CC2CCCC2N)o1. The normalized spacial score (nSPS) is 25.5. The summed E-state index contributed by atoms with van der Waals surface area (Å²) >= 11 is 0. The lowest BCUT2D eigenvalue weighted by Crippen LogP contribution is -2.34. The van der Waals surface area contributed by atoms with Crippen molar-refractivity contribution >= 4 is 0 Å². The van der Waals surface area contributed by atoms with Gasteiger partial charge in [0.2, 0.25) is 0 Å². The molecule has 1 aliphatic carbocycles. The summed E-state index contributed by atoms with van der Waals surface area (Å²) in [6.07, 6.45) is 3.76. The molecule has 0 saturated heterocycles. The molecule has 1 fully saturated rings. The molecule has 3 heteroatoms. The first-order valence-electron chi connectivity index (χ1n) is 6.14. The first-order chi connectivity index (χ1) is 7.65. The summed E-state index contributed by atoms with van der Waals surface area (Å²) in [6, 6.07) is 4.48. The van der Waals surface area contributed by atoms with E-state index in [9.17, 15) is 0 Å². The standard InChI is InChI=1S/C13H22N2O/c1-10-6-7-12(16-10)9-15(2)8-11-4-3-5-13(11)14/h6-7,11,13H,3-5,8-9,14H2,1-2H3. The van der Waals surface area contributed by atoms with Gasteiger partial charge in [-0.05, 0) is 44.9 Å². The van der Waals surface area contributed by atoms with Gasteiger partial charge in [0.05, 0.1) is 6.54 Å². The molecule has 3 nitrogen and oxygen atoms in total. The molecule has 0 aromatic carbocycles. The quantitative estimate of drug-likeness (QED) is 0.848. The molecule has 2 N–H and O–H groups in total. The van der Waals surface area contributed by atoms with Crippen molar-refractivity contribution in [2.24, 2.45) is 11.7 Å². The third-order valence-electron chi connectivity index (χ3n) is 3.49. The van der Waals surface area contributed by atoms with E-state index in [2.05, 4.69) is 18.0 Å². The fourth-order valence-electron chi connectivity index (χ4n) is 2.59. The van der Waals surface area contributed by atoms with Crippen LogP contribution in [0.25, 0.3) is 0 Å². The molecule has 1 aliphatic rings. The van der Waals surface area contributed by atoms with E-state index in [1.807, 2.05) is 13.0 Å². The number of aryl methyl sites for hydroxylation is 1. The number of hydrogen-bond acceptors (Lipinski definition) is 3. The van der Waals surface area contributed by atoms with Gasteiger partial charge in [-0.25, -0.2) is 0 Å². The van der Waals surface area contributed by atoms with Crippen LogP contribution >= 0.6 is 0 Å². The molecule has 2 atom stereocenters. The lowest BCUT2D eigenvalue weighted by molar-refractivity contribution is 0.240. The van der Waals surface area contributed by atoms with Crippen LogP contribution in [0.4, 0.5) is 0 Å². The van der Waals surface area contributed by atoms with Gasteiger partial charge in [0.25, 0.3) is 0 Å². The van der Waals surface area contributed by atoms with Crippen molar-refractivity contribution in [3.05, 3.63) is 23.7 Å². The van der Waals surface area contributed by atoms with Crippen LogP contribution in [-0.4, -0.2) is 24.5 Å². The molecule has 1 saturated carbocycles. The van der Waals surface area contributed by atoms with Gasteiger partial charge in [0.1, 0.15) is 11.5 Å². The molecular weight excluding hydrogens is 200 g/mol. The second-order valence-electron chi connectivity index (χ2n) is 5.06. The fourth-order valence-corrected chi connectivity index (χ4v) is 2.59. The monoisotopic (exact) mass is 222 g/mol. The predicted molar refractivity (Wildman–Crippen MR) is 65.1 cm³/mol. The molecule has 0 amide bonds. The van der Waals surface area contributed by atoms with Crippen molar-refractivity contribution in [3.63, 3.8) is 0 Å². The van der Waals surface area contributed by atoms with Gasteiger partial charge in [-0.2, -0.15) is 0 Å². The van der Waals surface area contributed by atoms with Crippen LogP contribution in [0.3, 0.4) is 0 Å². The van der Waals surface area contributed by atoms with Gasteiger partial charge in [0, 0.05) is 12.6 Å². The van der Waals surface area contributed by atoms with E-state index in [0.29, 0.717) is 12.0 Å². The predicted octanol–water partition coefficient (Wildman–Crippen LogP) is 2.15. The van der Waals surface area contributed by atoms with Crippen LogP contribution < -0.4 is 5.73 Å². The van der Waals surface area contributed by atoms with Crippen LogP contribution in [0.2, 0.25) is 0 Å². The number of nitrogens with two attached hydrogens (primary N) is 1. The van der Waals surface area contributed by atoms with Gasteiger partial charge in [-0.3, -0.25) is 4.90 Å². The average Bonchev–Trinajstić information content (AvgIpc) is 2.77. The molecular formula is C13H22N2O. The largest absolute Gasteiger partial charge is 0.465 e. The molecule has 90 valence electrons. The van der Waals surface area contributed by atoms with Crippen molar-refractivity contribution in [2.75, 3.05) is 13.6 Å². The van der Waals surface area contributed by atoms with Crippen molar-refractivity contribution in [3.8, 4) is 0 Å². The summed E-state index contributed by atoms with van der Waals surface area (Å²) in [5.41, 5.74) is 6.07. The highest BCUT2D eigenvalue weighted by Crippen LogP contribution is 2.24. The van der Waals surface area contributed by atoms with Crippen LogP contribution in [-0.2, 0) is 6.54 Å². The minimum Gasteiger partial charge on any atom is -0.465 e. The Bertz CT molecular complexity index is 334. The zero-order chi connectivity index (χ0) is 11.5. The first-order valence-corrected chi connectivity index (χ1v) is 6.14. The summed E-state index contributed by atoms with van der Waals surface area (Å²) in [5.74, 6) is 2.70. The molecule has 0 radical (unpaired) electrons. The smallest absolute Gasteiger partial charge is 0.118 e. The topological polar surface area (TPSA) is 42.4 Å². The summed E-state index contributed by atoms with van der Waals surface area (Å²) in [4.78, 5) is 2.31. The van der Waals surface area contributed by atoms with Gasteiger partial charge in [-0.1, -0.05) is 6.42 Å². The van der Waals surface area contributed by atoms with Crippen LogP contribution in [0.5, 0.6) is 0 Å². The zero-order valence-corrected chi connectivity index (χ0v) is 10.3. The maximum absolute atomic E-state index is 6.07. The van der Waals surface area contributed by atoms with Crippen molar-refractivity contribution in [1.82, 2.24) is 4.90 Å². The second-order valence-corrected chi connectivity index (χ2v) is 5.06. The number of hydrogen-bond donors (Lipinski definition) is 1. The fraction of sp³-hybridized carbons (Fsp3) is 0.692. The Morgan fingerprint density at radius 1 is 1.44 bits per heavy atom. The first kappa shape index (κ1) is 11.7. The molecule has 2 unspecified atom stereocenters. The van der Waals surface area contributed by atoms with E-state index in [1.54, 1.807) is 0 Å². The number of nitrogens with zero attached hydrogens (tertiary/aromatic N) is 1. The third kappa shape index (κ3) is 2.86. The highest BCUT2D eigenvalue weighted by atomic mass is 16.3. The van der Waals surface area contributed by atoms with E-state index in [-0.39, 0.29) is 0 Å². The summed E-state index contributed by atoms with van der Waals surface area (Å²) < 4.78 is 5.57. The number of rotatable bonds is 4. The van der Waals surface area contributed by atoms with Crippen LogP contribution in [0.1, 0.15) is 30.8 Å². The molecule has 16 heavy (non-hydrogen) atoms. The summed E-state index contributed by atoms with van der Waals surface area (Å²) in [6.45, 7) is 3.95. The molecule has 1 aromatic heterocycles. The van der Waals surface area contributed by atoms with Crippen molar-refractivity contribution in [2.45, 2.75) is 38.8 Å². The third-order valence-corrected chi connectivity index (χ3v) is 3.49. The van der Waals surface area contributed by atoms with Crippen molar-refractivity contribution < 1.29 is 4.42 Å². The van der Waals surface area contributed by atoms with E-state index in [1.165, 1.54) is 19.3 Å². The molecule has 0 spiro atoms. The molecule has 0 bridgehead atoms. The number of furan rings is 1. The Balaban J connectivity index is 1.82. The maximum atomic E-state index is 6.07. The van der Waals surface area contributed by atoms with E-state index in [4.69, 9.17) is 10.2 Å². The van der Waals surface area contributed by atoms with Gasteiger partial charge in [-0.15, -0.1) is 0 Å². The van der Waals surface area contributed by atoms with E-state index >= 15 is 0 Å². The lowest BCUT2D eigenvalue weighted by Gasteiger charge is -2.22. The molecule has 1 heterocycles. The lowest BCUT2D eigenvalue weighted by atomic mass is 10.0. The molecule has 2 rings (SSSR count). The van der Waals surface area contributed by atoms with Gasteiger partial charge >= 0.3 is 0 Å². The zero-order valence-electron chi connectivity index (χ0n) is 10.3. The maximum Gasteiger partial charge on any atom is 0.118 e. The highest BCUT2D eigenvalue weighted by molar-refractivity contribution is 5.05. The minimum absolute atomic E-state index is 0.404. The van der Waals surface area contributed by atoms with Crippen LogP contribution in [0.15, 0.2) is 16.5 Å².